The van der Waals surface area contributed by atoms with Gasteiger partial charge in [-0.3, -0.25) is 4.79 Å². The molecule has 0 radical (unpaired) electrons. The Labute approximate surface area is 191 Å². The summed E-state index contributed by atoms with van der Waals surface area (Å²) in [6, 6.07) is 13.5. The number of H-pyrrole nitrogens is 1. The number of amides is 1. The number of pyridine rings is 1. The first-order chi connectivity index (χ1) is 16.0. The molecule has 0 saturated carbocycles. The van der Waals surface area contributed by atoms with E-state index in [2.05, 4.69) is 26.5 Å². The Hall–Kier alpha value is -4.20. The Morgan fingerprint density at radius 2 is 2.06 bits per heavy atom. The number of aromatic amines is 1. The number of ether oxygens (including phenoxy) is 1. The minimum Gasteiger partial charge on any atom is -0.439 e. The third-order valence-electron chi connectivity index (χ3n) is 5.96. The van der Waals surface area contributed by atoms with Crippen molar-refractivity contribution in [2.45, 2.75) is 19.3 Å². The van der Waals surface area contributed by atoms with Crippen LogP contribution in [0.5, 0.6) is 11.6 Å². The Bertz CT molecular complexity index is 1350. The van der Waals surface area contributed by atoms with Crippen molar-refractivity contribution in [3.63, 3.8) is 0 Å². The Balaban J connectivity index is 1.52. The number of nitrogen functional groups attached to an aromatic ring is 1. The quantitative estimate of drug-likeness (QED) is 0.450. The Kier molecular flexibility index (Phi) is 5.26. The van der Waals surface area contributed by atoms with E-state index in [9.17, 15) is 4.79 Å². The molecule has 5 rings (SSSR count). The lowest BCUT2D eigenvalue weighted by molar-refractivity contribution is -0.125. The SMILES string of the molecule is C=CC(=O)N1CCC(c2[nH]c3ncnc(N)c3c2-c2ccc(Oc3cccc(C)n3)cc2)C1. The van der Waals surface area contributed by atoms with E-state index in [1.807, 2.05) is 54.3 Å². The number of carbonyl (C=O) groups is 1. The van der Waals surface area contributed by atoms with E-state index in [0.717, 1.165) is 34.3 Å². The molecule has 0 spiro atoms. The number of anilines is 1. The van der Waals surface area contributed by atoms with Gasteiger partial charge in [0.15, 0.2) is 0 Å². The number of likely N-dealkylation sites (tertiary alicyclic amines) is 1. The summed E-state index contributed by atoms with van der Waals surface area (Å²) in [6.07, 6.45) is 3.66. The second kappa shape index (κ2) is 8.38. The molecule has 8 nitrogen and oxygen atoms in total. The van der Waals surface area contributed by atoms with Crippen molar-refractivity contribution in [1.29, 1.82) is 0 Å². The number of carbonyl (C=O) groups excluding carboxylic acids is 1. The van der Waals surface area contributed by atoms with Crippen LogP contribution in [-0.2, 0) is 4.79 Å². The van der Waals surface area contributed by atoms with E-state index >= 15 is 0 Å². The summed E-state index contributed by atoms with van der Waals surface area (Å²) in [6.45, 7) is 6.82. The molecule has 1 unspecified atom stereocenters. The van der Waals surface area contributed by atoms with Crippen molar-refractivity contribution >= 4 is 22.8 Å². The van der Waals surface area contributed by atoms with Crippen LogP contribution in [0.3, 0.4) is 0 Å². The van der Waals surface area contributed by atoms with Crippen LogP contribution in [0.25, 0.3) is 22.2 Å². The van der Waals surface area contributed by atoms with Gasteiger partial charge in [0.1, 0.15) is 23.5 Å². The fraction of sp³-hybridized carbons (Fsp3) is 0.200. The number of rotatable bonds is 5. The molecule has 8 heteroatoms. The van der Waals surface area contributed by atoms with Gasteiger partial charge >= 0.3 is 0 Å². The van der Waals surface area contributed by atoms with Crippen molar-refractivity contribution in [2.24, 2.45) is 0 Å². The summed E-state index contributed by atoms with van der Waals surface area (Å²) in [4.78, 5) is 30.4. The highest BCUT2D eigenvalue weighted by molar-refractivity contribution is 6.02. The molecule has 1 fully saturated rings. The minimum atomic E-state index is -0.0549. The van der Waals surface area contributed by atoms with Gasteiger partial charge in [0.25, 0.3) is 0 Å². The summed E-state index contributed by atoms with van der Waals surface area (Å²) in [5, 5.41) is 0.787. The zero-order valence-corrected chi connectivity index (χ0v) is 18.3. The minimum absolute atomic E-state index is 0.0549. The lowest BCUT2D eigenvalue weighted by Crippen LogP contribution is -2.26. The van der Waals surface area contributed by atoms with Crippen LogP contribution in [0.2, 0.25) is 0 Å². The molecular weight excluding hydrogens is 416 g/mol. The van der Waals surface area contributed by atoms with Gasteiger partial charge in [-0.15, -0.1) is 0 Å². The van der Waals surface area contributed by atoms with Crippen LogP contribution >= 0.6 is 0 Å². The van der Waals surface area contributed by atoms with Gasteiger partial charge in [-0.1, -0.05) is 24.8 Å². The molecule has 1 aliphatic heterocycles. The number of aromatic nitrogens is 4. The Morgan fingerprint density at radius 3 is 2.82 bits per heavy atom. The van der Waals surface area contributed by atoms with Crippen LogP contribution in [0.4, 0.5) is 5.82 Å². The zero-order chi connectivity index (χ0) is 22.9. The van der Waals surface area contributed by atoms with Crippen LogP contribution in [-0.4, -0.2) is 43.8 Å². The summed E-state index contributed by atoms with van der Waals surface area (Å²) in [5.41, 5.74) is 10.8. The average molecular weight is 441 g/mol. The number of fused-ring (bicyclic) bond motifs is 1. The van der Waals surface area contributed by atoms with Crippen molar-refractivity contribution in [1.82, 2.24) is 24.8 Å². The molecule has 1 saturated heterocycles. The van der Waals surface area contributed by atoms with Crippen molar-refractivity contribution in [3.05, 3.63) is 72.8 Å². The molecule has 0 aliphatic carbocycles. The summed E-state index contributed by atoms with van der Waals surface area (Å²) < 4.78 is 5.90. The first-order valence-electron chi connectivity index (χ1n) is 10.8. The predicted molar refractivity (Wildman–Crippen MR) is 127 cm³/mol. The number of nitrogens with zero attached hydrogens (tertiary/aromatic N) is 4. The summed E-state index contributed by atoms with van der Waals surface area (Å²) in [5.74, 6) is 1.72. The molecule has 1 atom stereocenters. The summed E-state index contributed by atoms with van der Waals surface area (Å²) in [7, 11) is 0. The molecule has 166 valence electrons. The molecule has 33 heavy (non-hydrogen) atoms. The third-order valence-corrected chi connectivity index (χ3v) is 5.96. The fourth-order valence-corrected chi connectivity index (χ4v) is 4.38. The van der Waals surface area contributed by atoms with Gasteiger partial charge in [0, 0.05) is 42.0 Å². The van der Waals surface area contributed by atoms with E-state index in [1.165, 1.54) is 12.4 Å². The molecule has 1 aliphatic rings. The van der Waals surface area contributed by atoms with Crippen molar-refractivity contribution < 1.29 is 9.53 Å². The van der Waals surface area contributed by atoms with E-state index in [1.54, 1.807) is 0 Å². The third kappa shape index (κ3) is 3.91. The highest BCUT2D eigenvalue weighted by Crippen LogP contribution is 2.41. The number of benzene rings is 1. The predicted octanol–water partition coefficient (Wildman–Crippen LogP) is 4.20. The molecule has 4 heterocycles. The van der Waals surface area contributed by atoms with Crippen LogP contribution in [0.15, 0.2) is 61.4 Å². The van der Waals surface area contributed by atoms with E-state index < -0.39 is 0 Å². The molecule has 1 aromatic carbocycles. The van der Waals surface area contributed by atoms with Crippen LogP contribution in [0.1, 0.15) is 23.7 Å². The van der Waals surface area contributed by atoms with Gasteiger partial charge in [-0.25, -0.2) is 15.0 Å². The van der Waals surface area contributed by atoms with Crippen molar-refractivity contribution in [2.75, 3.05) is 18.8 Å². The zero-order valence-electron chi connectivity index (χ0n) is 18.3. The first-order valence-corrected chi connectivity index (χ1v) is 10.8. The maximum atomic E-state index is 12.1. The number of hydrogen-bond acceptors (Lipinski definition) is 6. The van der Waals surface area contributed by atoms with E-state index in [-0.39, 0.29) is 11.8 Å². The maximum Gasteiger partial charge on any atom is 0.245 e. The molecule has 4 aromatic rings. The molecule has 3 aromatic heterocycles. The van der Waals surface area contributed by atoms with Gasteiger partial charge in [-0.2, -0.15) is 0 Å². The lowest BCUT2D eigenvalue weighted by Gasteiger charge is -2.15. The number of aryl methyl sites for hydroxylation is 1. The van der Waals surface area contributed by atoms with Crippen molar-refractivity contribution in [3.8, 4) is 22.8 Å². The highest BCUT2D eigenvalue weighted by Gasteiger charge is 2.31. The van der Waals surface area contributed by atoms with Gasteiger partial charge in [-0.05, 0) is 43.2 Å². The largest absolute Gasteiger partial charge is 0.439 e. The second-order valence-corrected chi connectivity index (χ2v) is 8.11. The monoisotopic (exact) mass is 440 g/mol. The molecule has 0 bridgehead atoms. The standard InChI is InChI=1S/C25H24N6O2/c1-3-20(32)31-12-11-17(13-31)23-21(22-24(26)27-14-28-25(22)30-23)16-7-9-18(10-8-16)33-19-6-4-5-15(2)29-19/h3-10,14,17H,1,11-13H2,2H3,(H3,26,27,28,30). The normalized spacial score (nSPS) is 15.7. The van der Waals surface area contributed by atoms with Crippen LogP contribution < -0.4 is 10.5 Å². The lowest BCUT2D eigenvalue weighted by atomic mass is 9.95. The maximum absolute atomic E-state index is 12.1. The smallest absolute Gasteiger partial charge is 0.245 e. The van der Waals surface area contributed by atoms with Gasteiger partial charge in [0.05, 0.1) is 5.39 Å². The molecule has 1 amide bonds. The first kappa shape index (κ1) is 20.7. The second-order valence-electron chi connectivity index (χ2n) is 8.11. The number of hydrogen-bond donors (Lipinski definition) is 2. The Morgan fingerprint density at radius 1 is 1.24 bits per heavy atom. The fourth-order valence-electron chi connectivity index (χ4n) is 4.38. The van der Waals surface area contributed by atoms with E-state index in [4.69, 9.17) is 10.5 Å². The summed E-state index contributed by atoms with van der Waals surface area (Å²) >= 11 is 0. The number of nitrogens with two attached hydrogens (primary N) is 1. The number of nitrogens with one attached hydrogen (secondary N) is 1. The van der Waals surface area contributed by atoms with Gasteiger partial charge in [0.2, 0.25) is 11.8 Å². The molecular formula is C25H24N6O2. The van der Waals surface area contributed by atoms with E-state index in [0.29, 0.717) is 36.2 Å². The topological polar surface area (TPSA) is 110 Å². The molecule has 3 N–H and O–H groups in total. The van der Waals surface area contributed by atoms with Gasteiger partial charge < -0.3 is 20.4 Å². The van der Waals surface area contributed by atoms with Crippen LogP contribution in [0, 0.1) is 6.92 Å². The average Bonchev–Trinajstić information content (AvgIpc) is 3.45. The highest BCUT2D eigenvalue weighted by atomic mass is 16.5.